The fraction of sp³-hybridized carbons (Fsp3) is 0.250. The standard InChI is InChI=1S/C12H12O2S/c1-9-5-3-6-11(12(9)14)7-4-8-15-10(2)13/h3,5-6,14H,8H2,1-2H3. The smallest absolute Gasteiger partial charge is 0.186 e. The number of carbonyl (C=O) groups excluding carboxylic acids is 1. The summed E-state index contributed by atoms with van der Waals surface area (Å²) in [6, 6.07) is 5.43. The normalized spacial score (nSPS) is 9.20. The number of carbonyl (C=O) groups is 1. The van der Waals surface area contributed by atoms with E-state index in [2.05, 4.69) is 11.8 Å². The third kappa shape index (κ3) is 3.69. The Kier molecular flexibility index (Phi) is 4.26. The van der Waals surface area contributed by atoms with Gasteiger partial charge in [-0.2, -0.15) is 0 Å². The quantitative estimate of drug-likeness (QED) is 0.738. The largest absolute Gasteiger partial charge is 0.506 e. The van der Waals surface area contributed by atoms with Crippen molar-refractivity contribution in [2.45, 2.75) is 13.8 Å². The zero-order chi connectivity index (χ0) is 11.3. The first-order valence-electron chi connectivity index (χ1n) is 4.52. The molecule has 1 rings (SSSR count). The summed E-state index contributed by atoms with van der Waals surface area (Å²) in [6.07, 6.45) is 0. The number of benzene rings is 1. The third-order valence-corrected chi connectivity index (χ3v) is 2.50. The molecule has 0 heterocycles. The van der Waals surface area contributed by atoms with Crippen LogP contribution in [0, 0.1) is 18.8 Å². The number of hydrogen-bond acceptors (Lipinski definition) is 3. The van der Waals surface area contributed by atoms with Gasteiger partial charge in [-0.3, -0.25) is 4.79 Å². The number of hydrogen-bond donors (Lipinski definition) is 1. The van der Waals surface area contributed by atoms with Gasteiger partial charge in [-0.15, -0.1) is 0 Å². The van der Waals surface area contributed by atoms with Crippen LogP contribution < -0.4 is 0 Å². The molecule has 1 N–H and O–H groups in total. The lowest BCUT2D eigenvalue weighted by atomic mass is 10.1. The second-order valence-corrected chi connectivity index (χ2v) is 4.21. The Labute approximate surface area is 93.7 Å². The van der Waals surface area contributed by atoms with E-state index in [0.29, 0.717) is 11.3 Å². The minimum atomic E-state index is 0.0535. The molecular formula is C12H12O2S. The van der Waals surface area contributed by atoms with Crippen LogP contribution in [0.5, 0.6) is 5.75 Å². The van der Waals surface area contributed by atoms with Crippen molar-refractivity contribution in [2.24, 2.45) is 0 Å². The van der Waals surface area contributed by atoms with E-state index in [4.69, 9.17) is 0 Å². The summed E-state index contributed by atoms with van der Waals surface area (Å²) in [5.41, 5.74) is 1.42. The minimum absolute atomic E-state index is 0.0535. The summed E-state index contributed by atoms with van der Waals surface area (Å²) in [4.78, 5) is 10.6. The van der Waals surface area contributed by atoms with Gasteiger partial charge in [-0.25, -0.2) is 0 Å². The van der Waals surface area contributed by atoms with Gasteiger partial charge in [0.2, 0.25) is 0 Å². The van der Waals surface area contributed by atoms with E-state index in [1.54, 1.807) is 6.07 Å². The van der Waals surface area contributed by atoms with E-state index in [-0.39, 0.29) is 10.9 Å². The van der Waals surface area contributed by atoms with Crippen molar-refractivity contribution in [3.63, 3.8) is 0 Å². The molecule has 0 saturated carbocycles. The molecule has 1 aromatic rings. The van der Waals surface area contributed by atoms with Crippen molar-refractivity contribution in [1.29, 1.82) is 0 Å². The number of aromatic hydroxyl groups is 1. The Hall–Kier alpha value is -1.40. The van der Waals surface area contributed by atoms with Gasteiger partial charge in [0.25, 0.3) is 0 Å². The number of aryl methyl sites for hydroxylation is 1. The topological polar surface area (TPSA) is 37.3 Å². The van der Waals surface area contributed by atoms with Gasteiger partial charge in [0.1, 0.15) is 5.75 Å². The average molecular weight is 220 g/mol. The zero-order valence-electron chi connectivity index (χ0n) is 8.70. The highest BCUT2D eigenvalue weighted by Gasteiger charge is 1.99. The Bertz CT molecular complexity index is 427. The van der Waals surface area contributed by atoms with E-state index >= 15 is 0 Å². The molecule has 78 valence electrons. The molecule has 0 unspecified atom stereocenters. The van der Waals surface area contributed by atoms with Crippen molar-refractivity contribution in [1.82, 2.24) is 0 Å². The number of phenolic OH excluding ortho intramolecular Hbond substituents is 1. The maximum absolute atomic E-state index is 10.6. The lowest BCUT2D eigenvalue weighted by molar-refractivity contribution is -0.109. The summed E-state index contributed by atoms with van der Waals surface area (Å²) in [5, 5.41) is 9.68. The molecular weight excluding hydrogens is 208 g/mol. The van der Waals surface area contributed by atoms with Crippen LogP contribution in [-0.4, -0.2) is 16.0 Å². The molecule has 0 bridgehead atoms. The summed E-state index contributed by atoms with van der Waals surface area (Å²) in [5.74, 6) is 6.35. The fourth-order valence-corrected chi connectivity index (χ4v) is 1.38. The van der Waals surface area contributed by atoms with Crippen LogP contribution in [0.2, 0.25) is 0 Å². The van der Waals surface area contributed by atoms with E-state index in [1.807, 2.05) is 19.1 Å². The van der Waals surface area contributed by atoms with Gasteiger partial charge in [0, 0.05) is 6.92 Å². The Balaban J connectivity index is 2.72. The molecule has 0 amide bonds. The van der Waals surface area contributed by atoms with Crippen molar-refractivity contribution >= 4 is 16.9 Å². The molecule has 3 heteroatoms. The Morgan fingerprint density at radius 1 is 1.53 bits per heavy atom. The van der Waals surface area contributed by atoms with Crippen LogP contribution in [0.1, 0.15) is 18.1 Å². The van der Waals surface area contributed by atoms with Gasteiger partial charge in [0.05, 0.1) is 11.3 Å². The highest BCUT2D eigenvalue weighted by atomic mass is 32.2. The molecule has 0 aliphatic carbocycles. The van der Waals surface area contributed by atoms with Gasteiger partial charge in [-0.05, 0) is 18.6 Å². The SMILES string of the molecule is CC(=O)SCC#Cc1cccc(C)c1O. The van der Waals surface area contributed by atoms with Crippen LogP contribution in [0.25, 0.3) is 0 Å². The molecule has 0 saturated heterocycles. The fourth-order valence-electron chi connectivity index (χ4n) is 1.03. The van der Waals surface area contributed by atoms with E-state index in [0.717, 1.165) is 5.56 Å². The molecule has 15 heavy (non-hydrogen) atoms. The first-order valence-corrected chi connectivity index (χ1v) is 5.50. The third-order valence-electron chi connectivity index (χ3n) is 1.81. The average Bonchev–Trinajstić information content (AvgIpc) is 2.18. The maximum atomic E-state index is 10.6. The summed E-state index contributed by atoms with van der Waals surface area (Å²) < 4.78 is 0. The van der Waals surface area contributed by atoms with Crippen molar-refractivity contribution in [3.05, 3.63) is 29.3 Å². The molecule has 0 aliphatic rings. The van der Waals surface area contributed by atoms with E-state index in [9.17, 15) is 9.90 Å². The monoisotopic (exact) mass is 220 g/mol. The minimum Gasteiger partial charge on any atom is -0.506 e. The number of phenols is 1. The van der Waals surface area contributed by atoms with Gasteiger partial charge >= 0.3 is 0 Å². The Morgan fingerprint density at radius 3 is 2.93 bits per heavy atom. The molecule has 2 nitrogen and oxygen atoms in total. The first kappa shape index (κ1) is 11.7. The molecule has 0 spiro atoms. The number of rotatable bonds is 1. The van der Waals surface area contributed by atoms with Crippen LogP contribution in [-0.2, 0) is 4.79 Å². The summed E-state index contributed by atoms with van der Waals surface area (Å²) in [7, 11) is 0. The van der Waals surface area contributed by atoms with E-state index < -0.39 is 0 Å². The highest BCUT2D eigenvalue weighted by Crippen LogP contribution is 2.19. The summed E-state index contributed by atoms with van der Waals surface area (Å²) >= 11 is 1.17. The van der Waals surface area contributed by atoms with Gasteiger partial charge < -0.3 is 5.11 Å². The summed E-state index contributed by atoms with van der Waals surface area (Å²) in [6.45, 7) is 3.33. The molecule has 0 fully saturated rings. The molecule has 0 radical (unpaired) electrons. The maximum Gasteiger partial charge on any atom is 0.186 e. The van der Waals surface area contributed by atoms with Crippen molar-refractivity contribution in [2.75, 3.05) is 5.75 Å². The van der Waals surface area contributed by atoms with Crippen LogP contribution in [0.15, 0.2) is 18.2 Å². The molecule has 0 aromatic heterocycles. The molecule has 1 aromatic carbocycles. The van der Waals surface area contributed by atoms with Crippen molar-refractivity contribution < 1.29 is 9.90 Å². The molecule has 0 atom stereocenters. The van der Waals surface area contributed by atoms with Crippen molar-refractivity contribution in [3.8, 4) is 17.6 Å². The lowest BCUT2D eigenvalue weighted by Crippen LogP contribution is -1.83. The second kappa shape index (κ2) is 5.47. The predicted molar refractivity (Wildman–Crippen MR) is 62.9 cm³/mol. The van der Waals surface area contributed by atoms with Crippen LogP contribution in [0.3, 0.4) is 0 Å². The number of thioether (sulfide) groups is 1. The van der Waals surface area contributed by atoms with E-state index in [1.165, 1.54) is 18.7 Å². The second-order valence-electron chi connectivity index (χ2n) is 3.05. The van der Waals surface area contributed by atoms with Crippen LogP contribution >= 0.6 is 11.8 Å². The van der Waals surface area contributed by atoms with Gasteiger partial charge in [0.15, 0.2) is 5.12 Å². The lowest BCUT2D eigenvalue weighted by Gasteiger charge is -1.99. The van der Waals surface area contributed by atoms with Crippen LogP contribution in [0.4, 0.5) is 0 Å². The zero-order valence-corrected chi connectivity index (χ0v) is 9.52. The Morgan fingerprint density at radius 2 is 2.27 bits per heavy atom. The van der Waals surface area contributed by atoms with Gasteiger partial charge in [-0.1, -0.05) is 35.7 Å². The first-order chi connectivity index (χ1) is 7.11. The number of para-hydroxylation sites is 1. The predicted octanol–water partition coefficient (Wildman–Crippen LogP) is 2.33. The highest BCUT2D eigenvalue weighted by molar-refractivity contribution is 8.13. The molecule has 0 aliphatic heterocycles.